The first-order chi connectivity index (χ1) is 18.6. The molecule has 1 atom stereocenters. The summed E-state index contributed by atoms with van der Waals surface area (Å²) < 4.78 is 0. The molecule has 0 radical (unpaired) electrons. The second kappa shape index (κ2) is 12.5. The van der Waals surface area contributed by atoms with Crippen LogP contribution in [0.1, 0.15) is 56.6 Å². The van der Waals surface area contributed by atoms with Gasteiger partial charge in [-0.05, 0) is 86.4 Å². The summed E-state index contributed by atoms with van der Waals surface area (Å²) in [6.07, 6.45) is 1.71. The van der Waals surface area contributed by atoms with Gasteiger partial charge in [0.1, 0.15) is 6.04 Å². The summed E-state index contributed by atoms with van der Waals surface area (Å²) in [6.45, 7) is 1.30. The number of likely N-dealkylation sites (N-methyl/N-ethyl adjacent to an activating group) is 1. The van der Waals surface area contributed by atoms with Crippen molar-refractivity contribution in [3.05, 3.63) is 100 Å². The summed E-state index contributed by atoms with van der Waals surface area (Å²) in [4.78, 5) is 43.7. The first kappa shape index (κ1) is 28.3. The Morgan fingerprint density at radius 1 is 0.872 bits per heavy atom. The zero-order valence-electron chi connectivity index (χ0n) is 22.9. The Labute approximate surface area is 235 Å². The molecule has 8 heteroatoms. The molecule has 1 fully saturated rings. The van der Waals surface area contributed by atoms with E-state index in [2.05, 4.69) is 17.4 Å². The van der Waals surface area contributed by atoms with Gasteiger partial charge < -0.3 is 15.1 Å². The van der Waals surface area contributed by atoms with Crippen LogP contribution in [-0.2, 0) is 4.79 Å². The average molecular weight is 547 g/mol. The van der Waals surface area contributed by atoms with Gasteiger partial charge in [0.25, 0.3) is 11.8 Å². The molecule has 1 N–H and O–H groups in total. The van der Waals surface area contributed by atoms with Crippen molar-refractivity contribution in [3.8, 4) is 0 Å². The Morgan fingerprint density at radius 2 is 1.49 bits per heavy atom. The Kier molecular flexibility index (Phi) is 9.04. The van der Waals surface area contributed by atoms with Crippen LogP contribution in [0.2, 0.25) is 5.02 Å². The van der Waals surface area contributed by atoms with Crippen LogP contribution >= 0.6 is 11.6 Å². The number of nitrogens with one attached hydrogen (secondary N) is 1. The zero-order valence-corrected chi connectivity index (χ0v) is 23.6. The number of nitrogens with zero attached hydrogens (tertiary/aromatic N) is 3. The third-order valence-electron chi connectivity index (χ3n) is 7.14. The maximum atomic E-state index is 13.1. The lowest BCUT2D eigenvalue weighted by atomic mass is 9.89. The number of anilines is 1. The van der Waals surface area contributed by atoms with Crippen molar-refractivity contribution >= 4 is 35.0 Å². The topological polar surface area (TPSA) is 73.0 Å². The highest BCUT2D eigenvalue weighted by Crippen LogP contribution is 2.30. The van der Waals surface area contributed by atoms with Crippen LogP contribution in [0.15, 0.2) is 72.8 Å². The summed E-state index contributed by atoms with van der Waals surface area (Å²) in [5.74, 6) is 0.0588. The predicted molar refractivity (Wildman–Crippen MR) is 155 cm³/mol. The average Bonchev–Trinajstić information content (AvgIpc) is 2.94. The second-order valence-electron chi connectivity index (χ2n) is 10.4. The lowest BCUT2D eigenvalue weighted by molar-refractivity contribution is -0.120. The summed E-state index contributed by atoms with van der Waals surface area (Å²) in [6, 6.07) is 21.8. The fourth-order valence-corrected chi connectivity index (χ4v) is 5.15. The van der Waals surface area contributed by atoms with E-state index in [0.29, 0.717) is 35.2 Å². The molecule has 7 nitrogen and oxygen atoms in total. The summed E-state index contributed by atoms with van der Waals surface area (Å²) in [5.41, 5.74) is 3.86. The van der Waals surface area contributed by atoms with Crippen LogP contribution in [0.4, 0.5) is 5.69 Å². The van der Waals surface area contributed by atoms with Crippen molar-refractivity contribution < 1.29 is 14.4 Å². The largest absolute Gasteiger partial charge is 0.345 e. The zero-order chi connectivity index (χ0) is 28.1. The minimum Gasteiger partial charge on any atom is -0.345 e. The monoisotopic (exact) mass is 546 g/mol. The van der Waals surface area contributed by atoms with Gasteiger partial charge in [0.05, 0.1) is 0 Å². The highest BCUT2D eigenvalue weighted by Gasteiger charge is 2.26. The molecule has 1 unspecified atom stereocenters. The molecule has 0 bridgehead atoms. The van der Waals surface area contributed by atoms with Gasteiger partial charge in [-0.25, -0.2) is 0 Å². The molecule has 4 rings (SSSR count). The lowest BCUT2D eigenvalue weighted by Gasteiger charge is -2.32. The number of carbonyl (C=O) groups excluding carboxylic acids is 3. The van der Waals surface area contributed by atoms with Crippen LogP contribution in [-0.4, -0.2) is 73.7 Å². The summed E-state index contributed by atoms with van der Waals surface area (Å²) in [5, 5.41) is 3.67. The van der Waals surface area contributed by atoms with Gasteiger partial charge >= 0.3 is 0 Å². The molecular formula is C31H35ClN4O3. The number of halogens is 1. The van der Waals surface area contributed by atoms with Crippen LogP contribution in [0.5, 0.6) is 0 Å². The highest BCUT2D eigenvalue weighted by atomic mass is 35.5. The molecular weight excluding hydrogens is 512 g/mol. The number of likely N-dealkylation sites (tertiary alicyclic amines) is 1. The molecule has 1 aliphatic rings. The van der Waals surface area contributed by atoms with E-state index in [1.807, 2.05) is 48.2 Å². The van der Waals surface area contributed by atoms with Gasteiger partial charge in [0.2, 0.25) is 5.91 Å². The number of carbonyl (C=O) groups is 3. The Balaban J connectivity index is 1.35. The number of piperidine rings is 1. The van der Waals surface area contributed by atoms with Crippen LogP contribution < -0.4 is 5.32 Å². The van der Waals surface area contributed by atoms with Gasteiger partial charge in [0.15, 0.2) is 0 Å². The van der Waals surface area contributed by atoms with E-state index in [9.17, 15) is 14.4 Å². The van der Waals surface area contributed by atoms with Crippen LogP contribution in [0.3, 0.4) is 0 Å². The second-order valence-corrected chi connectivity index (χ2v) is 10.8. The van der Waals surface area contributed by atoms with Gasteiger partial charge in [-0.15, -0.1) is 0 Å². The minimum atomic E-state index is -0.439. The van der Waals surface area contributed by atoms with Crippen molar-refractivity contribution in [1.29, 1.82) is 0 Å². The molecule has 39 heavy (non-hydrogen) atoms. The molecule has 0 saturated carbocycles. The maximum absolute atomic E-state index is 13.1. The summed E-state index contributed by atoms with van der Waals surface area (Å²) >= 11 is 6.01. The van der Waals surface area contributed by atoms with E-state index >= 15 is 0 Å². The maximum Gasteiger partial charge on any atom is 0.253 e. The van der Waals surface area contributed by atoms with E-state index in [1.54, 1.807) is 50.5 Å². The van der Waals surface area contributed by atoms with Crippen LogP contribution in [0.25, 0.3) is 0 Å². The number of benzene rings is 3. The molecule has 0 aliphatic carbocycles. The van der Waals surface area contributed by atoms with Crippen LogP contribution in [0, 0.1) is 0 Å². The smallest absolute Gasteiger partial charge is 0.253 e. The SMILES string of the molecule is CN(C)C(=O)c1cccc(C(=O)N2CCC(c3ccc(NC(=O)C(c4ccc(Cl)cc4)N(C)C)cc3)CC2)c1. The fourth-order valence-electron chi connectivity index (χ4n) is 5.02. The van der Waals surface area contributed by atoms with E-state index in [1.165, 1.54) is 10.5 Å². The Hall–Kier alpha value is -3.68. The molecule has 3 amide bonds. The van der Waals surface area contributed by atoms with Crippen molar-refractivity contribution in [2.45, 2.75) is 24.8 Å². The van der Waals surface area contributed by atoms with E-state index in [0.717, 1.165) is 24.1 Å². The van der Waals surface area contributed by atoms with Crippen molar-refractivity contribution in [1.82, 2.24) is 14.7 Å². The Bertz CT molecular complexity index is 1310. The molecule has 1 heterocycles. The fraction of sp³-hybridized carbons (Fsp3) is 0.323. The van der Waals surface area contributed by atoms with Crippen molar-refractivity contribution in [2.24, 2.45) is 0 Å². The minimum absolute atomic E-state index is 0.0453. The third-order valence-corrected chi connectivity index (χ3v) is 7.40. The molecule has 3 aromatic carbocycles. The first-order valence-electron chi connectivity index (χ1n) is 13.1. The van der Waals surface area contributed by atoms with Gasteiger partial charge in [-0.2, -0.15) is 0 Å². The van der Waals surface area contributed by atoms with E-state index in [4.69, 9.17) is 11.6 Å². The highest BCUT2D eigenvalue weighted by molar-refractivity contribution is 6.30. The quantitative estimate of drug-likeness (QED) is 0.436. The molecule has 1 saturated heterocycles. The predicted octanol–water partition coefficient (Wildman–Crippen LogP) is 5.30. The number of amides is 3. The van der Waals surface area contributed by atoms with E-state index < -0.39 is 6.04 Å². The number of rotatable bonds is 7. The molecule has 204 valence electrons. The normalized spacial score (nSPS) is 14.7. The standard InChI is InChI=1S/C31H35ClN4O3/c1-34(2)28(23-8-12-26(32)13-9-23)29(37)33-27-14-10-21(11-15-27)22-16-18-36(19-17-22)31(39)25-7-5-6-24(20-25)30(38)35(3)4/h5-15,20,22,28H,16-19H2,1-4H3,(H,33,37). The van der Waals surface area contributed by atoms with Crippen molar-refractivity contribution in [3.63, 3.8) is 0 Å². The molecule has 0 aromatic heterocycles. The molecule has 1 aliphatic heterocycles. The number of hydrogen-bond acceptors (Lipinski definition) is 4. The summed E-state index contributed by atoms with van der Waals surface area (Å²) in [7, 11) is 7.15. The lowest BCUT2D eigenvalue weighted by Crippen LogP contribution is -2.38. The number of hydrogen-bond donors (Lipinski definition) is 1. The molecule has 0 spiro atoms. The Morgan fingerprint density at radius 3 is 2.08 bits per heavy atom. The van der Waals surface area contributed by atoms with Gasteiger partial charge in [0, 0.05) is 49.0 Å². The van der Waals surface area contributed by atoms with E-state index in [-0.39, 0.29) is 17.7 Å². The van der Waals surface area contributed by atoms with Gasteiger partial charge in [-0.1, -0.05) is 41.9 Å². The van der Waals surface area contributed by atoms with Crippen molar-refractivity contribution in [2.75, 3.05) is 46.6 Å². The van der Waals surface area contributed by atoms with Gasteiger partial charge in [-0.3, -0.25) is 19.3 Å². The third kappa shape index (κ3) is 6.85. The molecule has 3 aromatic rings. The first-order valence-corrected chi connectivity index (χ1v) is 13.5.